The van der Waals surface area contributed by atoms with E-state index in [-0.39, 0.29) is 0 Å². The molecule has 0 aromatic heterocycles. The predicted octanol–water partition coefficient (Wildman–Crippen LogP) is 1.27. The van der Waals surface area contributed by atoms with Gasteiger partial charge < -0.3 is 20.6 Å². The molecule has 0 aliphatic carbocycles. The lowest BCUT2D eigenvalue weighted by atomic mass is 9.96. The number of carbonyl (C=O) groups excluding carboxylic acids is 1. The van der Waals surface area contributed by atoms with E-state index in [1.807, 2.05) is 6.92 Å². The van der Waals surface area contributed by atoms with Crippen molar-refractivity contribution in [3.05, 3.63) is 0 Å². The minimum absolute atomic E-state index is 0.390. The van der Waals surface area contributed by atoms with E-state index in [1.54, 1.807) is 6.92 Å². The van der Waals surface area contributed by atoms with Crippen molar-refractivity contribution >= 4 is 12.0 Å². The number of rotatable bonds is 7. The van der Waals surface area contributed by atoms with Gasteiger partial charge >= 0.3 is 12.0 Å². The van der Waals surface area contributed by atoms with Crippen LogP contribution >= 0.6 is 0 Å². The van der Waals surface area contributed by atoms with E-state index in [4.69, 9.17) is 0 Å². The number of carboxylic acid groups (broad SMARTS) is 1. The van der Waals surface area contributed by atoms with Crippen molar-refractivity contribution in [1.29, 1.82) is 0 Å². The molecule has 0 aromatic carbocycles. The van der Waals surface area contributed by atoms with Gasteiger partial charge in [0.15, 0.2) is 0 Å². The quantitative estimate of drug-likeness (QED) is 0.658. The molecule has 6 heteroatoms. The zero-order valence-electron chi connectivity index (χ0n) is 12.7. The molecule has 3 N–H and O–H groups in total. The maximum atomic E-state index is 11.8. The van der Waals surface area contributed by atoms with E-state index in [0.717, 1.165) is 26.1 Å². The van der Waals surface area contributed by atoms with E-state index in [9.17, 15) is 14.7 Å². The lowest BCUT2D eigenvalue weighted by Crippen LogP contribution is -2.55. The summed E-state index contributed by atoms with van der Waals surface area (Å²) in [6.07, 6.45) is 2.21. The van der Waals surface area contributed by atoms with Crippen molar-refractivity contribution in [2.75, 3.05) is 26.2 Å². The Morgan fingerprint density at radius 1 is 1.40 bits per heavy atom. The van der Waals surface area contributed by atoms with Gasteiger partial charge in [-0.05, 0) is 38.8 Å². The first-order valence-electron chi connectivity index (χ1n) is 7.43. The minimum Gasteiger partial charge on any atom is -0.480 e. The Morgan fingerprint density at radius 2 is 2.10 bits per heavy atom. The van der Waals surface area contributed by atoms with Crippen molar-refractivity contribution in [2.45, 2.75) is 45.6 Å². The van der Waals surface area contributed by atoms with Crippen LogP contribution in [0, 0.1) is 5.92 Å². The Balaban J connectivity index is 2.37. The molecular weight excluding hydrogens is 258 g/mol. The lowest BCUT2D eigenvalue weighted by Gasteiger charge is -2.26. The summed E-state index contributed by atoms with van der Waals surface area (Å²) in [5, 5.41) is 14.6. The van der Waals surface area contributed by atoms with Gasteiger partial charge in [0, 0.05) is 13.1 Å². The molecule has 20 heavy (non-hydrogen) atoms. The molecule has 0 saturated carbocycles. The predicted molar refractivity (Wildman–Crippen MR) is 77.7 cm³/mol. The Morgan fingerprint density at radius 3 is 2.60 bits per heavy atom. The second-order valence-electron chi connectivity index (χ2n) is 5.77. The molecule has 2 amide bonds. The molecule has 116 valence electrons. The molecule has 0 bridgehead atoms. The summed E-state index contributed by atoms with van der Waals surface area (Å²) in [6.45, 7) is 9.30. The Hall–Kier alpha value is -1.30. The van der Waals surface area contributed by atoms with Crippen LogP contribution in [0.3, 0.4) is 0 Å². The lowest BCUT2D eigenvalue weighted by molar-refractivity contribution is -0.144. The highest BCUT2D eigenvalue weighted by Crippen LogP contribution is 2.15. The summed E-state index contributed by atoms with van der Waals surface area (Å²) in [4.78, 5) is 25.4. The molecule has 0 spiro atoms. The third-order valence-corrected chi connectivity index (χ3v) is 3.98. The highest BCUT2D eigenvalue weighted by atomic mass is 16.4. The Kier molecular flexibility index (Phi) is 6.26. The van der Waals surface area contributed by atoms with Crippen LogP contribution in [0.5, 0.6) is 0 Å². The number of urea groups is 1. The van der Waals surface area contributed by atoms with Crippen LogP contribution in [0.15, 0.2) is 0 Å². The highest BCUT2D eigenvalue weighted by molar-refractivity contribution is 5.85. The Labute approximate surface area is 120 Å². The first kappa shape index (κ1) is 16.8. The van der Waals surface area contributed by atoms with E-state index < -0.39 is 17.5 Å². The summed E-state index contributed by atoms with van der Waals surface area (Å²) >= 11 is 0. The maximum absolute atomic E-state index is 11.8. The second kappa shape index (κ2) is 7.47. The molecule has 6 nitrogen and oxygen atoms in total. The van der Waals surface area contributed by atoms with E-state index in [0.29, 0.717) is 25.3 Å². The van der Waals surface area contributed by atoms with Crippen molar-refractivity contribution in [2.24, 2.45) is 5.92 Å². The maximum Gasteiger partial charge on any atom is 0.329 e. The topological polar surface area (TPSA) is 81.7 Å². The molecular formula is C14H27N3O3. The molecule has 1 aliphatic rings. The SMILES string of the molecule is CCCC(C)(NC(=O)NCC1CCN(CC)C1)C(=O)O. The summed E-state index contributed by atoms with van der Waals surface area (Å²) in [6, 6.07) is -0.390. The van der Waals surface area contributed by atoms with Crippen molar-refractivity contribution in [3.63, 3.8) is 0 Å². The van der Waals surface area contributed by atoms with Gasteiger partial charge in [-0.25, -0.2) is 9.59 Å². The molecule has 1 saturated heterocycles. The number of hydrogen-bond acceptors (Lipinski definition) is 3. The van der Waals surface area contributed by atoms with Gasteiger partial charge in [0.2, 0.25) is 0 Å². The van der Waals surface area contributed by atoms with Crippen LogP contribution in [-0.4, -0.2) is 53.7 Å². The number of nitrogens with one attached hydrogen (secondary N) is 2. The number of carboxylic acids is 1. The van der Waals surface area contributed by atoms with Crippen LogP contribution in [-0.2, 0) is 4.79 Å². The van der Waals surface area contributed by atoms with Gasteiger partial charge in [-0.15, -0.1) is 0 Å². The minimum atomic E-state index is -1.19. The fourth-order valence-electron chi connectivity index (χ4n) is 2.62. The third-order valence-electron chi connectivity index (χ3n) is 3.98. The van der Waals surface area contributed by atoms with Crippen LogP contribution in [0.2, 0.25) is 0 Å². The van der Waals surface area contributed by atoms with Crippen LogP contribution in [0.25, 0.3) is 0 Å². The summed E-state index contributed by atoms with van der Waals surface area (Å²) in [5.74, 6) is -0.532. The first-order valence-corrected chi connectivity index (χ1v) is 7.43. The highest BCUT2D eigenvalue weighted by Gasteiger charge is 2.34. The van der Waals surface area contributed by atoms with Crippen LogP contribution in [0.1, 0.15) is 40.0 Å². The molecule has 0 aromatic rings. The molecule has 2 unspecified atom stereocenters. The zero-order chi connectivity index (χ0) is 15.2. The largest absolute Gasteiger partial charge is 0.480 e. The van der Waals surface area contributed by atoms with Crippen molar-refractivity contribution < 1.29 is 14.7 Å². The van der Waals surface area contributed by atoms with Crippen molar-refractivity contribution in [3.8, 4) is 0 Å². The monoisotopic (exact) mass is 285 g/mol. The molecule has 1 aliphatic heterocycles. The molecule has 2 atom stereocenters. The average Bonchev–Trinajstić information content (AvgIpc) is 2.84. The van der Waals surface area contributed by atoms with E-state index in [1.165, 1.54) is 0 Å². The third kappa shape index (κ3) is 4.67. The average molecular weight is 285 g/mol. The molecule has 0 radical (unpaired) electrons. The number of likely N-dealkylation sites (tertiary alicyclic amines) is 1. The number of carbonyl (C=O) groups is 2. The number of aliphatic carboxylic acids is 1. The number of amides is 2. The summed E-state index contributed by atoms with van der Waals surface area (Å²) in [7, 11) is 0. The molecule has 1 rings (SSSR count). The molecule has 1 heterocycles. The van der Waals surface area contributed by atoms with Gasteiger partial charge in [-0.1, -0.05) is 20.3 Å². The fraction of sp³-hybridized carbons (Fsp3) is 0.857. The summed E-state index contributed by atoms with van der Waals surface area (Å²) < 4.78 is 0. The Bertz CT molecular complexity index is 349. The van der Waals surface area contributed by atoms with Gasteiger partial charge in [-0.2, -0.15) is 0 Å². The van der Waals surface area contributed by atoms with Gasteiger partial charge in [0.1, 0.15) is 5.54 Å². The zero-order valence-corrected chi connectivity index (χ0v) is 12.7. The normalized spacial score (nSPS) is 22.2. The molecule has 1 fully saturated rings. The van der Waals surface area contributed by atoms with Crippen LogP contribution in [0.4, 0.5) is 4.79 Å². The van der Waals surface area contributed by atoms with E-state index in [2.05, 4.69) is 22.5 Å². The van der Waals surface area contributed by atoms with E-state index >= 15 is 0 Å². The van der Waals surface area contributed by atoms with Gasteiger partial charge in [0.25, 0.3) is 0 Å². The van der Waals surface area contributed by atoms with Gasteiger partial charge in [-0.3, -0.25) is 0 Å². The first-order chi connectivity index (χ1) is 9.41. The number of hydrogen-bond donors (Lipinski definition) is 3. The van der Waals surface area contributed by atoms with Gasteiger partial charge in [0.05, 0.1) is 0 Å². The van der Waals surface area contributed by atoms with Crippen molar-refractivity contribution in [1.82, 2.24) is 15.5 Å². The smallest absolute Gasteiger partial charge is 0.329 e. The van der Waals surface area contributed by atoms with Crippen LogP contribution < -0.4 is 10.6 Å². The summed E-state index contributed by atoms with van der Waals surface area (Å²) in [5.41, 5.74) is -1.19. The number of nitrogens with zero attached hydrogens (tertiary/aromatic N) is 1. The fourth-order valence-corrected chi connectivity index (χ4v) is 2.62. The standard InChI is InChI=1S/C14H27N3O3/c1-4-7-14(3,12(18)19)16-13(20)15-9-11-6-8-17(5-2)10-11/h11H,4-10H2,1-3H3,(H,18,19)(H2,15,16,20). The second-order valence-corrected chi connectivity index (χ2v) is 5.77.